The van der Waals surface area contributed by atoms with E-state index in [1.54, 1.807) is 11.8 Å². The maximum Gasteiger partial charge on any atom is 0.129 e. The molecule has 0 amide bonds. The van der Waals surface area contributed by atoms with E-state index in [2.05, 4.69) is 24.4 Å². The van der Waals surface area contributed by atoms with E-state index in [1.807, 2.05) is 7.05 Å². The van der Waals surface area contributed by atoms with Gasteiger partial charge in [0, 0.05) is 12.5 Å². The normalized spacial score (nSPS) is 47.6. The standard InChI is InChI=1S/C13H23NO3S/c1-8-5-3-4-6-18-13-10(16)7-9(15)12(17-13)11(8)14-2/h3,5,8-16H,4,6-7H2,1-2H3/b5-3-. The van der Waals surface area contributed by atoms with E-state index in [0.717, 1.165) is 12.2 Å². The summed E-state index contributed by atoms with van der Waals surface area (Å²) >= 11 is 1.64. The van der Waals surface area contributed by atoms with Gasteiger partial charge in [0.2, 0.25) is 0 Å². The number of likely N-dealkylation sites (N-methyl/N-ethyl adjacent to an activating group) is 1. The van der Waals surface area contributed by atoms with Crippen LogP contribution in [-0.4, -0.2) is 52.8 Å². The maximum atomic E-state index is 10.1. The van der Waals surface area contributed by atoms with E-state index in [0.29, 0.717) is 12.3 Å². The van der Waals surface area contributed by atoms with E-state index in [-0.39, 0.29) is 17.6 Å². The van der Waals surface area contributed by atoms with Crippen molar-refractivity contribution in [3.05, 3.63) is 12.2 Å². The van der Waals surface area contributed by atoms with Crippen molar-refractivity contribution < 1.29 is 14.9 Å². The number of allylic oxidation sites excluding steroid dienone is 1. The van der Waals surface area contributed by atoms with Crippen molar-refractivity contribution in [2.75, 3.05) is 12.8 Å². The molecule has 4 nitrogen and oxygen atoms in total. The Balaban J connectivity index is 2.20. The van der Waals surface area contributed by atoms with Crippen LogP contribution in [-0.2, 0) is 4.74 Å². The fourth-order valence-corrected chi connectivity index (χ4v) is 3.76. The van der Waals surface area contributed by atoms with Crippen molar-refractivity contribution in [1.82, 2.24) is 5.32 Å². The summed E-state index contributed by atoms with van der Waals surface area (Å²) in [5.74, 6) is 1.24. The number of nitrogens with one attached hydrogen (secondary N) is 1. The summed E-state index contributed by atoms with van der Waals surface area (Å²) in [7, 11) is 1.89. The summed E-state index contributed by atoms with van der Waals surface area (Å²) in [5.41, 5.74) is -0.215. The molecule has 2 aliphatic rings. The Morgan fingerprint density at radius 1 is 1.33 bits per heavy atom. The van der Waals surface area contributed by atoms with Gasteiger partial charge in [0.15, 0.2) is 0 Å². The molecule has 2 heterocycles. The topological polar surface area (TPSA) is 61.7 Å². The molecule has 6 unspecified atom stereocenters. The Morgan fingerprint density at radius 2 is 2.11 bits per heavy atom. The molecule has 6 atom stereocenters. The molecule has 0 spiro atoms. The van der Waals surface area contributed by atoms with Gasteiger partial charge in [-0.3, -0.25) is 0 Å². The fourth-order valence-electron chi connectivity index (χ4n) is 2.71. The summed E-state index contributed by atoms with van der Waals surface area (Å²) in [6.45, 7) is 2.13. The number of hydrogen-bond donors (Lipinski definition) is 3. The Morgan fingerprint density at radius 3 is 2.83 bits per heavy atom. The predicted octanol–water partition coefficient (Wildman–Crippen LogP) is 0.740. The molecular formula is C13H23NO3S. The molecule has 0 aromatic rings. The zero-order chi connectivity index (χ0) is 13.1. The maximum absolute atomic E-state index is 10.1. The van der Waals surface area contributed by atoms with Crippen molar-refractivity contribution >= 4 is 11.8 Å². The second kappa shape index (κ2) is 6.39. The van der Waals surface area contributed by atoms with Crippen molar-refractivity contribution in [2.45, 2.75) is 49.6 Å². The highest BCUT2D eigenvalue weighted by atomic mass is 32.2. The molecule has 2 bridgehead atoms. The van der Waals surface area contributed by atoms with Gasteiger partial charge in [-0.2, -0.15) is 0 Å². The summed E-state index contributed by atoms with van der Waals surface area (Å²) in [6, 6.07) is 0.0740. The van der Waals surface area contributed by atoms with Crippen LogP contribution in [0.4, 0.5) is 0 Å². The summed E-state index contributed by atoms with van der Waals surface area (Å²) < 4.78 is 5.93. The minimum atomic E-state index is -0.607. The minimum absolute atomic E-state index is 0.0740. The van der Waals surface area contributed by atoms with E-state index >= 15 is 0 Å². The lowest BCUT2D eigenvalue weighted by atomic mass is 9.89. The van der Waals surface area contributed by atoms with Crippen molar-refractivity contribution in [1.29, 1.82) is 0 Å². The molecular weight excluding hydrogens is 250 g/mol. The van der Waals surface area contributed by atoms with Gasteiger partial charge in [0.05, 0.1) is 12.2 Å². The van der Waals surface area contributed by atoms with Gasteiger partial charge in [-0.05, 0) is 25.1 Å². The molecule has 2 aliphatic heterocycles. The predicted molar refractivity (Wildman–Crippen MR) is 73.5 cm³/mol. The molecule has 0 saturated carbocycles. The highest BCUT2D eigenvalue weighted by Crippen LogP contribution is 2.32. The highest BCUT2D eigenvalue weighted by molar-refractivity contribution is 7.99. The van der Waals surface area contributed by atoms with E-state index < -0.39 is 12.2 Å². The smallest absolute Gasteiger partial charge is 0.129 e. The number of fused-ring (bicyclic) bond motifs is 2. The van der Waals surface area contributed by atoms with Gasteiger partial charge in [-0.15, -0.1) is 11.8 Å². The molecule has 1 fully saturated rings. The van der Waals surface area contributed by atoms with Crippen LogP contribution in [0.15, 0.2) is 12.2 Å². The summed E-state index contributed by atoms with van der Waals surface area (Å²) in [5, 5.41) is 23.3. The molecule has 0 radical (unpaired) electrons. The molecule has 104 valence electrons. The second-order valence-corrected chi connectivity index (χ2v) is 6.31. The minimum Gasteiger partial charge on any atom is -0.390 e. The van der Waals surface area contributed by atoms with Gasteiger partial charge in [-0.25, -0.2) is 0 Å². The van der Waals surface area contributed by atoms with Crippen LogP contribution >= 0.6 is 11.8 Å². The number of hydrogen-bond acceptors (Lipinski definition) is 5. The Kier molecular flexibility index (Phi) is 5.09. The van der Waals surface area contributed by atoms with Gasteiger partial charge in [0.25, 0.3) is 0 Å². The average Bonchev–Trinajstić information content (AvgIpc) is 2.34. The number of ether oxygens (including phenoxy) is 1. The molecule has 0 aromatic heterocycles. The molecule has 0 aromatic carbocycles. The fraction of sp³-hybridized carbons (Fsp3) is 0.846. The zero-order valence-electron chi connectivity index (χ0n) is 11.0. The van der Waals surface area contributed by atoms with Crippen LogP contribution in [0.25, 0.3) is 0 Å². The lowest BCUT2D eigenvalue weighted by Gasteiger charge is -2.42. The van der Waals surface area contributed by atoms with Gasteiger partial charge < -0.3 is 20.3 Å². The van der Waals surface area contributed by atoms with E-state index in [1.165, 1.54) is 0 Å². The Hall–Kier alpha value is -0.0700. The molecule has 2 rings (SSSR count). The number of aliphatic hydroxyl groups excluding tert-OH is 2. The van der Waals surface area contributed by atoms with Crippen LogP contribution in [0.2, 0.25) is 0 Å². The molecule has 5 heteroatoms. The first-order valence-electron chi connectivity index (χ1n) is 6.60. The summed E-state index contributed by atoms with van der Waals surface area (Å²) in [6.07, 6.45) is 4.32. The largest absolute Gasteiger partial charge is 0.390 e. The quantitative estimate of drug-likeness (QED) is 0.615. The van der Waals surface area contributed by atoms with Crippen LogP contribution in [0.5, 0.6) is 0 Å². The van der Waals surface area contributed by atoms with Gasteiger partial charge in [0.1, 0.15) is 11.5 Å². The zero-order valence-corrected chi connectivity index (χ0v) is 11.8. The third-order valence-corrected chi connectivity index (χ3v) is 4.95. The SMILES string of the molecule is CNC1C(C)/C=C\CCSC2OC1C(O)CC2O. The number of thioether (sulfide) groups is 1. The monoisotopic (exact) mass is 273 g/mol. The van der Waals surface area contributed by atoms with Crippen molar-refractivity contribution in [3.8, 4) is 0 Å². The third-order valence-electron chi connectivity index (χ3n) is 3.73. The number of rotatable bonds is 1. The average molecular weight is 273 g/mol. The van der Waals surface area contributed by atoms with E-state index in [4.69, 9.17) is 4.74 Å². The molecule has 1 saturated heterocycles. The first-order valence-corrected chi connectivity index (χ1v) is 7.65. The first kappa shape index (κ1) is 14.3. The molecule has 3 N–H and O–H groups in total. The molecule has 0 aliphatic carbocycles. The lowest BCUT2D eigenvalue weighted by molar-refractivity contribution is -0.150. The Bertz CT molecular complexity index is 300. The molecule has 18 heavy (non-hydrogen) atoms. The highest BCUT2D eigenvalue weighted by Gasteiger charge is 2.41. The lowest BCUT2D eigenvalue weighted by Crippen LogP contribution is -2.56. The van der Waals surface area contributed by atoms with Crippen LogP contribution in [0.1, 0.15) is 19.8 Å². The summed E-state index contributed by atoms with van der Waals surface area (Å²) in [4.78, 5) is 0. The first-order chi connectivity index (χ1) is 8.63. The third kappa shape index (κ3) is 3.08. The van der Waals surface area contributed by atoms with Crippen molar-refractivity contribution in [3.63, 3.8) is 0 Å². The van der Waals surface area contributed by atoms with Crippen LogP contribution in [0, 0.1) is 5.92 Å². The van der Waals surface area contributed by atoms with Crippen LogP contribution in [0.3, 0.4) is 0 Å². The van der Waals surface area contributed by atoms with E-state index in [9.17, 15) is 10.2 Å². The van der Waals surface area contributed by atoms with Gasteiger partial charge in [-0.1, -0.05) is 19.1 Å². The van der Waals surface area contributed by atoms with Gasteiger partial charge >= 0.3 is 0 Å². The van der Waals surface area contributed by atoms with Crippen LogP contribution < -0.4 is 5.32 Å². The van der Waals surface area contributed by atoms with Crippen molar-refractivity contribution in [2.24, 2.45) is 5.92 Å². The number of aliphatic hydroxyl groups is 2. The second-order valence-electron chi connectivity index (χ2n) is 5.10. The Labute approximate surface area is 113 Å².